The standard InChI is InChI=1S/2C9H16O5.2C5H6O4.K.H/c2*1-7(2)8(13)14-6-9(3-10,4-11)5-12;2*1-3(5(8)9)2-4(6)7;;/h2*10-12H,1,3-6H2,2H3;2*1-2H2,(H,6,7)(H,8,9);;. The van der Waals surface area contributed by atoms with E-state index in [0.717, 1.165) is 0 Å². The summed E-state index contributed by atoms with van der Waals surface area (Å²) in [5, 5.41) is 85.5. The summed E-state index contributed by atoms with van der Waals surface area (Å²) in [5.74, 6) is -6.10. The molecule has 0 atom stereocenters. The second-order valence-electron chi connectivity index (χ2n) is 9.62. The average molecular weight is 709 g/mol. The minimum absolute atomic E-state index is 0. The van der Waals surface area contributed by atoms with Crippen LogP contribution in [0.25, 0.3) is 0 Å². The van der Waals surface area contributed by atoms with Crippen molar-refractivity contribution in [1.82, 2.24) is 0 Å². The van der Waals surface area contributed by atoms with E-state index in [-0.39, 0.29) is 86.9 Å². The molecule has 0 rings (SSSR count). The van der Waals surface area contributed by atoms with Crippen molar-refractivity contribution in [1.29, 1.82) is 0 Å². The van der Waals surface area contributed by atoms with E-state index in [1.54, 1.807) is 0 Å². The zero-order valence-corrected chi connectivity index (χ0v) is 25.6. The molecule has 0 amide bonds. The molecular weight excluding hydrogens is 663 g/mol. The zero-order chi connectivity index (χ0) is 37.3. The molecule has 0 aliphatic heterocycles. The van der Waals surface area contributed by atoms with Gasteiger partial charge in [0.15, 0.2) is 0 Å². The number of carboxylic acid groups (broad SMARTS) is 4. The summed E-state index contributed by atoms with van der Waals surface area (Å²) >= 11 is 0. The number of aliphatic hydroxyl groups excluding tert-OH is 6. The van der Waals surface area contributed by atoms with Crippen molar-refractivity contribution in [3.63, 3.8) is 0 Å². The normalized spacial score (nSPS) is 9.87. The van der Waals surface area contributed by atoms with E-state index in [9.17, 15) is 28.8 Å². The molecule has 0 radical (unpaired) electrons. The third-order valence-electron chi connectivity index (χ3n) is 5.06. The van der Waals surface area contributed by atoms with Crippen LogP contribution in [0.15, 0.2) is 48.6 Å². The Morgan fingerprint density at radius 1 is 0.511 bits per heavy atom. The number of carbonyl (C=O) groups is 6. The van der Waals surface area contributed by atoms with Crippen LogP contribution in [-0.4, -0.2) is 191 Å². The van der Waals surface area contributed by atoms with Crippen LogP contribution in [0, 0.1) is 10.8 Å². The number of hydrogen-bond donors (Lipinski definition) is 10. The summed E-state index contributed by atoms with van der Waals surface area (Å²) in [4.78, 5) is 61.3. The monoisotopic (exact) mass is 708 g/mol. The van der Waals surface area contributed by atoms with Crippen LogP contribution in [0.3, 0.4) is 0 Å². The summed E-state index contributed by atoms with van der Waals surface area (Å²) < 4.78 is 9.45. The predicted octanol–water partition coefficient (Wildman–Crippen LogP) is -2.31. The zero-order valence-electron chi connectivity index (χ0n) is 25.6. The molecule has 0 aliphatic rings. The molecule has 47 heavy (non-hydrogen) atoms. The van der Waals surface area contributed by atoms with Crippen LogP contribution in [0.1, 0.15) is 26.7 Å². The number of rotatable bonds is 18. The summed E-state index contributed by atoms with van der Waals surface area (Å²) in [5.41, 5.74) is -2.50. The van der Waals surface area contributed by atoms with Gasteiger partial charge in [-0.2, -0.15) is 0 Å². The van der Waals surface area contributed by atoms with Crippen LogP contribution >= 0.6 is 0 Å². The Balaban J connectivity index is -0.000000169. The van der Waals surface area contributed by atoms with Crippen LogP contribution < -0.4 is 0 Å². The molecule has 0 saturated heterocycles. The Morgan fingerprint density at radius 2 is 0.723 bits per heavy atom. The Labute approximate surface area is 313 Å². The van der Waals surface area contributed by atoms with Gasteiger partial charge in [0.05, 0.1) is 63.3 Å². The summed E-state index contributed by atoms with van der Waals surface area (Å²) in [6.07, 6.45) is -1.01. The van der Waals surface area contributed by atoms with Gasteiger partial charge < -0.3 is 60.5 Å². The second-order valence-corrected chi connectivity index (χ2v) is 9.62. The molecule has 0 unspecified atom stereocenters. The summed E-state index contributed by atoms with van der Waals surface area (Å²) in [7, 11) is 0. The van der Waals surface area contributed by atoms with E-state index in [2.05, 4.69) is 26.3 Å². The number of carbonyl (C=O) groups excluding carboxylic acids is 2. The van der Waals surface area contributed by atoms with E-state index in [0.29, 0.717) is 0 Å². The van der Waals surface area contributed by atoms with Crippen molar-refractivity contribution >= 4 is 87.2 Å². The topological polar surface area (TPSA) is 323 Å². The fourth-order valence-electron chi connectivity index (χ4n) is 1.77. The molecule has 266 valence electrons. The van der Waals surface area contributed by atoms with E-state index in [4.69, 9.17) is 60.5 Å². The number of carboxylic acids is 4. The molecule has 0 aromatic carbocycles. The fourth-order valence-corrected chi connectivity index (χ4v) is 1.77. The summed E-state index contributed by atoms with van der Waals surface area (Å²) in [6.45, 7) is 12.5. The van der Waals surface area contributed by atoms with Crippen LogP contribution in [0.2, 0.25) is 0 Å². The number of ether oxygens (including phenoxy) is 2. The van der Waals surface area contributed by atoms with Crippen LogP contribution in [0.4, 0.5) is 0 Å². The van der Waals surface area contributed by atoms with Gasteiger partial charge in [0, 0.05) is 22.3 Å². The van der Waals surface area contributed by atoms with Crippen molar-refractivity contribution in [3.05, 3.63) is 48.6 Å². The average Bonchev–Trinajstić information content (AvgIpc) is 2.99. The molecule has 0 saturated carbocycles. The van der Waals surface area contributed by atoms with Crippen molar-refractivity contribution < 1.29 is 89.3 Å². The van der Waals surface area contributed by atoms with Gasteiger partial charge in [-0.1, -0.05) is 26.3 Å². The van der Waals surface area contributed by atoms with Gasteiger partial charge in [0.25, 0.3) is 0 Å². The number of aliphatic carboxylic acids is 4. The van der Waals surface area contributed by atoms with E-state index in [1.165, 1.54) is 13.8 Å². The third kappa shape index (κ3) is 28.0. The number of hydrogen-bond acceptors (Lipinski definition) is 14. The molecule has 10 N–H and O–H groups in total. The molecule has 0 fully saturated rings. The van der Waals surface area contributed by atoms with Gasteiger partial charge in [-0.25, -0.2) is 19.2 Å². The molecule has 0 bridgehead atoms. The first-order chi connectivity index (χ1) is 21.1. The first kappa shape index (κ1) is 53.7. The third-order valence-corrected chi connectivity index (χ3v) is 5.06. The number of esters is 2. The molecular formula is C28H45KO18. The van der Waals surface area contributed by atoms with Gasteiger partial charge in [0.1, 0.15) is 13.2 Å². The molecule has 0 aromatic rings. The van der Waals surface area contributed by atoms with Gasteiger partial charge in [-0.15, -0.1) is 0 Å². The van der Waals surface area contributed by atoms with Crippen molar-refractivity contribution in [2.45, 2.75) is 26.7 Å². The van der Waals surface area contributed by atoms with E-state index < -0.39 is 99.1 Å². The van der Waals surface area contributed by atoms with Crippen molar-refractivity contribution in [3.8, 4) is 0 Å². The van der Waals surface area contributed by atoms with E-state index >= 15 is 0 Å². The predicted molar refractivity (Wildman–Crippen MR) is 164 cm³/mol. The Bertz CT molecular complexity index is 973. The molecule has 19 heteroatoms. The molecule has 0 aliphatic carbocycles. The Morgan fingerprint density at radius 3 is 0.830 bits per heavy atom. The maximum atomic E-state index is 11.0. The second kappa shape index (κ2) is 29.3. The fraction of sp³-hybridized carbons (Fsp3) is 0.500. The van der Waals surface area contributed by atoms with Gasteiger partial charge in [-0.05, 0) is 13.8 Å². The quantitative estimate of drug-likeness (QED) is 0.0406. The first-order valence-electron chi connectivity index (χ1n) is 12.7. The Hall–Kier alpha value is -2.82. The SMILES string of the molecule is C=C(C)C(=O)OCC(CO)(CO)CO.C=C(C)C(=O)OCC(CO)(CO)CO.C=C(CC(=O)O)C(=O)O.C=C(CC(=O)O)C(=O)O.[KH]. The van der Waals surface area contributed by atoms with Crippen molar-refractivity contribution in [2.24, 2.45) is 10.8 Å². The minimum atomic E-state index is -1.27. The van der Waals surface area contributed by atoms with Gasteiger partial charge in [-0.3, -0.25) is 9.59 Å². The molecule has 0 spiro atoms. The molecule has 0 heterocycles. The first-order valence-corrected chi connectivity index (χ1v) is 12.7. The van der Waals surface area contributed by atoms with Crippen molar-refractivity contribution in [2.75, 3.05) is 52.9 Å². The molecule has 18 nitrogen and oxygen atoms in total. The summed E-state index contributed by atoms with van der Waals surface area (Å²) in [6, 6.07) is 0. The van der Waals surface area contributed by atoms with Crippen LogP contribution in [0.5, 0.6) is 0 Å². The molecule has 0 aromatic heterocycles. The van der Waals surface area contributed by atoms with Gasteiger partial charge >= 0.3 is 87.2 Å². The van der Waals surface area contributed by atoms with Gasteiger partial charge in [0.2, 0.25) is 0 Å². The Kier molecular flexibility index (Phi) is 33.5. The van der Waals surface area contributed by atoms with Crippen LogP contribution in [-0.2, 0) is 38.2 Å². The number of aliphatic hydroxyl groups is 6. The maximum absolute atomic E-state index is 11.0. The van der Waals surface area contributed by atoms with E-state index in [1.807, 2.05) is 0 Å².